The zero-order valence-corrected chi connectivity index (χ0v) is 25.6. The van der Waals surface area contributed by atoms with E-state index in [4.69, 9.17) is 5.84 Å². The van der Waals surface area contributed by atoms with Crippen LogP contribution in [-0.4, -0.2) is 31.5 Å². The number of aromatic amines is 2. The highest BCUT2D eigenvalue weighted by molar-refractivity contribution is 5.77. The Kier molecular flexibility index (Phi) is 14.0. The van der Waals surface area contributed by atoms with Gasteiger partial charge in [-0.05, 0) is 91.4 Å². The molecule has 0 unspecified atom stereocenters. The topological polar surface area (TPSA) is 132 Å². The van der Waals surface area contributed by atoms with Gasteiger partial charge in [0.25, 0.3) is 0 Å². The van der Waals surface area contributed by atoms with Gasteiger partial charge in [0.15, 0.2) is 0 Å². The summed E-state index contributed by atoms with van der Waals surface area (Å²) in [5.41, 5.74) is 15.8. The maximum Gasteiger partial charge on any atom is 0.0659 e. The molecule has 2 aliphatic rings. The second kappa shape index (κ2) is 19.0. The number of pyridine rings is 1. The first-order valence-electron chi connectivity index (χ1n) is 15.5. The molecule has 0 fully saturated rings. The van der Waals surface area contributed by atoms with Crippen molar-refractivity contribution in [1.82, 2.24) is 41.4 Å². The Morgan fingerprint density at radius 2 is 1.07 bits per heavy atom. The molecule has 8 bridgehead atoms. The van der Waals surface area contributed by atoms with Gasteiger partial charge >= 0.3 is 0 Å². The van der Waals surface area contributed by atoms with E-state index in [-0.39, 0.29) is 0 Å². The van der Waals surface area contributed by atoms with Crippen molar-refractivity contribution in [2.75, 3.05) is 6.54 Å². The van der Waals surface area contributed by atoms with Gasteiger partial charge in [0.05, 0.1) is 22.8 Å². The van der Waals surface area contributed by atoms with Crippen LogP contribution >= 0.6 is 0 Å². The van der Waals surface area contributed by atoms with Crippen molar-refractivity contribution < 1.29 is 0 Å². The van der Waals surface area contributed by atoms with E-state index in [0.29, 0.717) is 0 Å². The number of H-pyrrole nitrogens is 2. The molecule has 6 rings (SSSR count). The molecule has 0 amide bonds. The van der Waals surface area contributed by atoms with Crippen molar-refractivity contribution in [3.05, 3.63) is 102 Å². The van der Waals surface area contributed by atoms with Crippen LogP contribution in [0, 0.1) is 0 Å². The summed E-state index contributed by atoms with van der Waals surface area (Å²) in [6, 6.07) is 22.1. The Labute approximate surface area is 260 Å². The quantitative estimate of drug-likeness (QED) is 0.0528. The summed E-state index contributed by atoms with van der Waals surface area (Å²) >= 11 is 0. The fourth-order valence-electron chi connectivity index (χ4n) is 4.72. The lowest BCUT2D eigenvalue weighted by Gasteiger charge is -2.04. The first-order chi connectivity index (χ1) is 21.7. The second-order valence-electron chi connectivity index (χ2n) is 10.6. The molecule has 0 atom stereocenters. The van der Waals surface area contributed by atoms with Crippen LogP contribution in [0.5, 0.6) is 0 Å². The lowest BCUT2D eigenvalue weighted by Crippen LogP contribution is -2.47. The van der Waals surface area contributed by atoms with Crippen LogP contribution in [0.25, 0.3) is 46.4 Å². The van der Waals surface area contributed by atoms with Crippen LogP contribution in [0.2, 0.25) is 0 Å². The van der Waals surface area contributed by atoms with E-state index in [1.165, 1.54) is 51.4 Å². The third-order valence-corrected chi connectivity index (χ3v) is 6.92. The van der Waals surface area contributed by atoms with E-state index in [1.54, 1.807) is 12.4 Å². The molecule has 9 heteroatoms. The molecule has 4 aromatic heterocycles. The standard InChI is InChI=1S/C20H14N4.C10H26N4.C5H5N/c1-2-14-10-16-5-6-18(23-16)12-20-8-7-19(24-20)11-17-4-3-15(22-17)9-13(1)21-14;1-2-3-4-5-6-7-8-9-10-12-14-13-11;1-2-4-6-5-3-1/h1-12,21-22H;12-14H,2-11H2,1H3;1-5H. The van der Waals surface area contributed by atoms with Crippen molar-refractivity contribution in [3.63, 3.8) is 0 Å². The number of nitrogens with two attached hydrogens (primary N) is 1. The average Bonchev–Trinajstić information content (AvgIpc) is 3.87. The molecule has 6 heterocycles. The van der Waals surface area contributed by atoms with E-state index in [9.17, 15) is 0 Å². The van der Waals surface area contributed by atoms with Crippen LogP contribution in [0.1, 0.15) is 81.1 Å². The number of fused-ring (bicyclic) bond motifs is 8. The van der Waals surface area contributed by atoms with Crippen LogP contribution in [0.15, 0.2) is 79.1 Å². The number of hydrazine groups is 3. The molecular formula is C35H45N9. The van der Waals surface area contributed by atoms with Gasteiger partial charge in [0.2, 0.25) is 0 Å². The number of hydrogen-bond donors (Lipinski definition) is 6. The van der Waals surface area contributed by atoms with Gasteiger partial charge < -0.3 is 9.97 Å². The molecule has 4 aromatic rings. The normalized spacial score (nSPS) is 11.4. The minimum atomic E-state index is 0.915. The summed E-state index contributed by atoms with van der Waals surface area (Å²) in [6.07, 6.45) is 22.4. The van der Waals surface area contributed by atoms with E-state index in [2.05, 4.69) is 78.7 Å². The zero-order chi connectivity index (χ0) is 30.7. The molecule has 7 N–H and O–H groups in total. The maximum atomic E-state index is 5.01. The van der Waals surface area contributed by atoms with Gasteiger partial charge in [-0.15, -0.1) is 0 Å². The first-order valence-corrected chi connectivity index (χ1v) is 15.5. The number of hydrogen-bond acceptors (Lipinski definition) is 7. The second-order valence-corrected chi connectivity index (χ2v) is 10.6. The van der Waals surface area contributed by atoms with Gasteiger partial charge in [-0.2, -0.15) is 11.1 Å². The Morgan fingerprint density at radius 1 is 0.591 bits per heavy atom. The molecule has 2 aliphatic heterocycles. The lowest BCUT2D eigenvalue weighted by atomic mass is 10.1. The third kappa shape index (κ3) is 12.1. The summed E-state index contributed by atoms with van der Waals surface area (Å²) in [6.45, 7) is 3.23. The van der Waals surface area contributed by atoms with Crippen molar-refractivity contribution in [1.29, 1.82) is 0 Å². The fraction of sp³-hybridized carbons (Fsp3) is 0.286. The number of aromatic nitrogens is 5. The van der Waals surface area contributed by atoms with Crippen molar-refractivity contribution in [2.45, 2.75) is 58.3 Å². The molecule has 0 aliphatic carbocycles. The van der Waals surface area contributed by atoms with Crippen molar-refractivity contribution in [2.24, 2.45) is 5.84 Å². The van der Waals surface area contributed by atoms with Crippen molar-refractivity contribution in [3.8, 4) is 0 Å². The smallest absolute Gasteiger partial charge is 0.0659 e. The monoisotopic (exact) mass is 591 g/mol. The lowest BCUT2D eigenvalue weighted by molar-refractivity contribution is 0.431. The molecule has 9 nitrogen and oxygen atoms in total. The highest BCUT2D eigenvalue weighted by atomic mass is 15.7. The summed E-state index contributed by atoms with van der Waals surface area (Å²) < 4.78 is 0. The van der Waals surface area contributed by atoms with Gasteiger partial charge in [-0.1, -0.05) is 57.9 Å². The van der Waals surface area contributed by atoms with E-state index in [1.807, 2.05) is 60.7 Å². The van der Waals surface area contributed by atoms with Gasteiger partial charge in [0, 0.05) is 41.0 Å². The van der Waals surface area contributed by atoms with Gasteiger partial charge in [-0.25, -0.2) is 15.4 Å². The minimum Gasteiger partial charge on any atom is -0.355 e. The fourth-order valence-corrected chi connectivity index (χ4v) is 4.72. The van der Waals surface area contributed by atoms with E-state index >= 15 is 0 Å². The Bertz CT molecular complexity index is 1480. The van der Waals surface area contributed by atoms with E-state index < -0.39 is 0 Å². The number of nitrogens with zero attached hydrogens (tertiary/aromatic N) is 3. The molecule has 0 saturated carbocycles. The highest BCUT2D eigenvalue weighted by Gasteiger charge is 2.02. The predicted octanol–water partition coefficient (Wildman–Crippen LogP) is 7.34. The Morgan fingerprint density at radius 3 is 1.52 bits per heavy atom. The molecule has 0 radical (unpaired) electrons. The van der Waals surface area contributed by atoms with Crippen LogP contribution in [0.3, 0.4) is 0 Å². The molecule has 230 valence electrons. The van der Waals surface area contributed by atoms with Crippen LogP contribution in [0.4, 0.5) is 0 Å². The van der Waals surface area contributed by atoms with Gasteiger partial charge in [0.1, 0.15) is 0 Å². The molecule has 44 heavy (non-hydrogen) atoms. The largest absolute Gasteiger partial charge is 0.355 e. The summed E-state index contributed by atoms with van der Waals surface area (Å²) in [5.74, 6) is 5.01. The average molecular weight is 592 g/mol. The first kappa shape index (κ1) is 32.5. The van der Waals surface area contributed by atoms with Gasteiger partial charge in [-0.3, -0.25) is 10.8 Å². The Balaban J connectivity index is 0.000000187. The number of nitrogens with one attached hydrogen (secondary N) is 5. The number of rotatable bonds is 11. The third-order valence-electron chi connectivity index (χ3n) is 6.92. The maximum absolute atomic E-state index is 5.01. The van der Waals surface area contributed by atoms with Crippen molar-refractivity contribution >= 4 is 46.4 Å². The molecule has 0 aromatic carbocycles. The Hall–Kier alpha value is -4.41. The summed E-state index contributed by atoms with van der Waals surface area (Å²) in [5, 5.41) is 0. The zero-order valence-electron chi connectivity index (χ0n) is 25.6. The predicted molar refractivity (Wildman–Crippen MR) is 184 cm³/mol. The minimum absolute atomic E-state index is 0.915. The molecule has 0 saturated heterocycles. The van der Waals surface area contributed by atoms with E-state index in [0.717, 1.165) is 51.4 Å². The van der Waals surface area contributed by atoms with Crippen LogP contribution in [-0.2, 0) is 0 Å². The summed E-state index contributed by atoms with van der Waals surface area (Å²) in [7, 11) is 0. The van der Waals surface area contributed by atoms with Crippen LogP contribution < -0.4 is 22.3 Å². The number of unbranched alkanes of at least 4 members (excludes halogenated alkanes) is 7. The summed E-state index contributed by atoms with van der Waals surface area (Å²) in [4.78, 5) is 19.8. The highest BCUT2D eigenvalue weighted by Crippen LogP contribution is 2.17. The molecule has 0 spiro atoms. The molecular weight excluding hydrogens is 546 g/mol. The SMILES string of the molecule is C1=Cc2cc3ccc(cc4ccc(cc5nc(cc1n2)C=C5)[nH]4)[nH]3.CCCCCCCCCCNNNN.c1ccncc1.